The number of carbonyl (C=O) groups excluding carboxylic acids is 1. The number of carbonyl (C=O) groups is 1. The second kappa shape index (κ2) is 5.44. The standard InChI is InChI=1S/C12H16ClN5O/c1-8-12(13)9(2)18(16-8)7-11(19)14-4-10-5-15-17(3)6-10/h5-6H,4,7H2,1-3H3,(H,14,19). The number of hydrogen-bond donors (Lipinski definition) is 1. The molecule has 0 bridgehead atoms. The molecular formula is C12H16ClN5O. The number of hydrogen-bond acceptors (Lipinski definition) is 3. The molecule has 0 aliphatic carbocycles. The monoisotopic (exact) mass is 281 g/mol. The van der Waals surface area contributed by atoms with Crippen molar-refractivity contribution in [1.82, 2.24) is 24.9 Å². The Morgan fingerprint density at radius 3 is 2.74 bits per heavy atom. The van der Waals surface area contributed by atoms with Crippen LogP contribution < -0.4 is 5.32 Å². The minimum absolute atomic E-state index is 0.105. The Labute approximate surface area is 116 Å². The van der Waals surface area contributed by atoms with Crippen molar-refractivity contribution >= 4 is 17.5 Å². The molecule has 6 nitrogen and oxygen atoms in total. The number of nitrogens with one attached hydrogen (secondary N) is 1. The molecule has 2 aromatic rings. The second-order valence-corrected chi connectivity index (χ2v) is 4.82. The summed E-state index contributed by atoms with van der Waals surface area (Å²) in [6.07, 6.45) is 3.58. The van der Waals surface area contributed by atoms with Gasteiger partial charge in [0, 0.05) is 25.4 Å². The van der Waals surface area contributed by atoms with Crippen LogP contribution in [0.25, 0.3) is 0 Å². The largest absolute Gasteiger partial charge is 0.350 e. The van der Waals surface area contributed by atoms with E-state index in [1.54, 1.807) is 15.6 Å². The lowest BCUT2D eigenvalue weighted by molar-refractivity contribution is -0.122. The molecule has 2 rings (SSSR count). The van der Waals surface area contributed by atoms with Crippen LogP contribution in [0.5, 0.6) is 0 Å². The lowest BCUT2D eigenvalue weighted by Crippen LogP contribution is -2.27. The van der Waals surface area contributed by atoms with E-state index in [-0.39, 0.29) is 12.5 Å². The molecule has 0 aliphatic heterocycles. The number of nitrogens with zero attached hydrogens (tertiary/aromatic N) is 4. The van der Waals surface area contributed by atoms with Crippen molar-refractivity contribution in [1.29, 1.82) is 0 Å². The van der Waals surface area contributed by atoms with Crippen molar-refractivity contribution in [3.8, 4) is 0 Å². The van der Waals surface area contributed by atoms with Crippen molar-refractivity contribution < 1.29 is 4.79 Å². The fraction of sp³-hybridized carbons (Fsp3) is 0.417. The molecule has 0 spiro atoms. The lowest BCUT2D eigenvalue weighted by Gasteiger charge is -2.05. The van der Waals surface area contributed by atoms with E-state index in [0.29, 0.717) is 11.6 Å². The third-order valence-electron chi connectivity index (χ3n) is 2.83. The highest BCUT2D eigenvalue weighted by atomic mass is 35.5. The molecule has 0 unspecified atom stereocenters. The third kappa shape index (κ3) is 3.14. The van der Waals surface area contributed by atoms with Crippen LogP contribution >= 0.6 is 11.6 Å². The van der Waals surface area contributed by atoms with Crippen LogP contribution in [0.2, 0.25) is 5.02 Å². The number of aromatic nitrogens is 4. The summed E-state index contributed by atoms with van der Waals surface area (Å²) >= 11 is 6.03. The Kier molecular flexibility index (Phi) is 3.90. The van der Waals surface area contributed by atoms with Crippen LogP contribution in [-0.4, -0.2) is 25.5 Å². The van der Waals surface area contributed by atoms with Gasteiger partial charge in [-0.05, 0) is 13.8 Å². The average Bonchev–Trinajstić information content (AvgIpc) is 2.88. The van der Waals surface area contributed by atoms with Gasteiger partial charge >= 0.3 is 0 Å². The summed E-state index contributed by atoms with van der Waals surface area (Å²) < 4.78 is 3.30. The smallest absolute Gasteiger partial charge is 0.242 e. The minimum atomic E-state index is -0.105. The van der Waals surface area contributed by atoms with Gasteiger partial charge < -0.3 is 5.32 Å². The average molecular weight is 282 g/mol. The fourth-order valence-electron chi connectivity index (χ4n) is 1.78. The van der Waals surface area contributed by atoms with Gasteiger partial charge in [-0.3, -0.25) is 14.2 Å². The van der Waals surface area contributed by atoms with Crippen LogP contribution in [0, 0.1) is 13.8 Å². The van der Waals surface area contributed by atoms with Gasteiger partial charge in [-0.1, -0.05) is 11.6 Å². The Morgan fingerprint density at radius 2 is 2.21 bits per heavy atom. The first-order valence-electron chi connectivity index (χ1n) is 5.91. The van der Waals surface area contributed by atoms with E-state index in [2.05, 4.69) is 15.5 Å². The predicted octanol–water partition coefficient (Wildman–Crippen LogP) is 1.20. The first kappa shape index (κ1) is 13.6. The molecule has 0 saturated carbocycles. The summed E-state index contributed by atoms with van der Waals surface area (Å²) in [6, 6.07) is 0. The van der Waals surface area contributed by atoms with Crippen LogP contribution in [0.15, 0.2) is 12.4 Å². The topological polar surface area (TPSA) is 64.7 Å². The van der Waals surface area contributed by atoms with Crippen molar-refractivity contribution in [3.05, 3.63) is 34.4 Å². The second-order valence-electron chi connectivity index (χ2n) is 4.44. The van der Waals surface area contributed by atoms with Crippen molar-refractivity contribution in [2.75, 3.05) is 0 Å². The zero-order chi connectivity index (χ0) is 14.0. The Hall–Kier alpha value is -1.82. The zero-order valence-electron chi connectivity index (χ0n) is 11.1. The van der Waals surface area contributed by atoms with Gasteiger partial charge in [0.2, 0.25) is 5.91 Å². The summed E-state index contributed by atoms with van der Waals surface area (Å²) in [7, 11) is 1.84. The highest BCUT2D eigenvalue weighted by Gasteiger charge is 2.12. The van der Waals surface area contributed by atoms with Crippen LogP contribution in [0.1, 0.15) is 17.0 Å². The van der Waals surface area contributed by atoms with E-state index in [0.717, 1.165) is 17.0 Å². The van der Waals surface area contributed by atoms with E-state index < -0.39 is 0 Å². The maximum Gasteiger partial charge on any atom is 0.242 e. The summed E-state index contributed by atoms with van der Waals surface area (Å²) in [6.45, 7) is 4.29. The molecule has 102 valence electrons. The molecular weight excluding hydrogens is 266 g/mol. The molecule has 0 radical (unpaired) electrons. The van der Waals surface area contributed by atoms with Crippen LogP contribution in [0.4, 0.5) is 0 Å². The number of amides is 1. The number of aryl methyl sites for hydroxylation is 2. The molecule has 2 heterocycles. The number of rotatable bonds is 4. The van der Waals surface area contributed by atoms with E-state index in [1.165, 1.54) is 0 Å². The molecule has 0 saturated heterocycles. The Balaban J connectivity index is 1.92. The normalized spacial score (nSPS) is 10.7. The molecule has 0 fully saturated rings. The molecule has 1 N–H and O–H groups in total. The van der Waals surface area contributed by atoms with E-state index >= 15 is 0 Å². The first-order valence-corrected chi connectivity index (χ1v) is 6.29. The highest BCUT2D eigenvalue weighted by Crippen LogP contribution is 2.18. The van der Waals surface area contributed by atoms with E-state index in [4.69, 9.17) is 11.6 Å². The molecule has 7 heteroatoms. The molecule has 2 aromatic heterocycles. The van der Waals surface area contributed by atoms with Gasteiger partial charge in [0.25, 0.3) is 0 Å². The maximum atomic E-state index is 11.8. The number of halogens is 1. The van der Waals surface area contributed by atoms with Crippen molar-refractivity contribution in [2.45, 2.75) is 26.9 Å². The molecule has 0 aliphatic rings. The first-order chi connectivity index (χ1) is 8.97. The summed E-state index contributed by atoms with van der Waals surface area (Å²) in [5.41, 5.74) is 2.50. The van der Waals surface area contributed by atoms with Gasteiger partial charge in [0.15, 0.2) is 0 Å². The van der Waals surface area contributed by atoms with Gasteiger partial charge in [0.1, 0.15) is 6.54 Å². The van der Waals surface area contributed by atoms with Crippen LogP contribution in [-0.2, 0) is 24.9 Å². The molecule has 1 amide bonds. The van der Waals surface area contributed by atoms with Gasteiger partial charge in [-0.25, -0.2) is 0 Å². The van der Waals surface area contributed by atoms with Crippen molar-refractivity contribution in [3.63, 3.8) is 0 Å². The van der Waals surface area contributed by atoms with E-state index in [9.17, 15) is 4.79 Å². The third-order valence-corrected chi connectivity index (χ3v) is 3.38. The van der Waals surface area contributed by atoms with Gasteiger partial charge in [-0.2, -0.15) is 10.2 Å². The highest BCUT2D eigenvalue weighted by molar-refractivity contribution is 6.31. The predicted molar refractivity (Wildman–Crippen MR) is 71.8 cm³/mol. The Bertz CT molecular complexity index is 601. The van der Waals surface area contributed by atoms with Gasteiger partial charge in [0.05, 0.1) is 22.6 Å². The summed E-state index contributed by atoms with van der Waals surface area (Å²) in [5.74, 6) is -0.105. The van der Waals surface area contributed by atoms with Gasteiger partial charge in [-0.15, -0.1) is 0 Å². The fourth-order valence-corrected chi connectivity index (χ4v) is 1.92. The quantitative estimate of drug-likeness (QED) is 0.916. The maximum absolute atomic E-state index is 11.8. The Morgan fingerprint density at radius 1 is 1.47 bits per heavy atom. The zero-order valence-corrected chi connectivity index (χ0v) is 11.9. The molecule has 0 atom stereocenters. The molecule has 19 heavy (non-hydrogen) atoms. The summed E-state index contributed by atoms with van der Waals surface area (Å²) in [5, 5.41) is 11.7. The lowest BCUT2D eigenvalue weighted by atomic mass is 10.3. The van der Waals surface area contributed by atoms with Crippen LogP contribution in [0.3, 0.4) is 0 Å². The SMILES string of the molecule is Cc1nn(CC(=O)NCc2cnn(C)c2)c(C)c1Cl. The summed E-state index contributed by atoms with van der Waals surface area (Å²) in [4.78, 5) is 11.8. The van der Waals surface area contributed by atoms with Crippen molar-refractivity contribution in [2.24, 2.45) is 7.05 Å². The molecule has 0 aromatic carbocycles. The minimum Gasteiger partial charge on any atom is -0.350 e. The van der Waals surface area contributed by atoms with E-state index in [1.807, 2.05) is 27.1 Å².